The van der Waals surface area contributed by atoms with Crippen molar-refractivity contribution < 1.29 is 9.32 Å². The van der Waals surface area contributed by atoms with Crippen LogP contribution < -0.4 is 5.32 Å². The number of benzene rings is 1. The normalized spacial score (nSPS) is 15.3. The highest BCUT2D eigenvalue weighted by Crippen LogP contribution is 2.24. The summed E-state index contributed by atoms with van der Waals surface area (Å²) < 4.78 is 5.19. The van der Waals surface area contributed by atoms with E-state index in [4.69, 9.17) is 4.52 Å². The van der Waals surface area contributed by atoms with Crippen LogP contribution in [0.1, 0.15) is 37.1 Å². The van der Waals surface area contributed by atoms with Gasteiger partial charge in [0.1, 0.15) is 0 Å². The van der Waals surface area contributed by atoms with Crippen LogP contribution in [0.4, 0.5) is 0 Å². The second-order valence-electron chi connectivity index (χ2n) is 5.58. The third-order valence-corrected chi connectivity index (χ3v) is 3.92. The van der Waals surface area contributed by atoms with Gasteiger partial charge in [0, 0.05) is 11.5 Å². The monoisotopic (exact) mass is 285 g/mol. The SMILES string of the molecule is Cc1ccc(-c2noc(CNC(=O)C3CCCC3)n2)cc1. The fourth-order valence-corrected chi connectivity index (χ4v) is 2.64. The summed E-state index contributed by atoms with van der Waals surface area (Å²) in [5, 5.41) is 6.83. The number of aromatic nitrogens is 2. The summed E-state index contributed by atoms with van der Waals surface area (Å²) in [7, 11) is 0. The molecule has 1 N–H and O–H groups in total. The van der Waals surface area contributed by atoms with E-state index in [0.29, 0.717) is 18.3 Å². The Hall–Kier alpha value is -2.17. The Morgan fingerprint density at radius 1 is 1.29 bits per heavy atom. The van der Waals surface area contributed by atoms with E-state index in [0.717, 1.165) is 31.2 Å². The third-order valence-electron chi connectivity index (χ3n) is 3.92. The van der Waals surface area contributed by atoms with Crippen LogP contribution in [0.15, 0.2) is 28.8 Å². The minimum absolute atomic E-state index is 0.0996. The third kappa shape index (κ3) is 3.29. The van der Waals surface area contributed by atoms with Crippen LogP contribution >= 0.6 is 0 Å². The zero-order chi connectivity index (χ0) is 14.7. The molecule has 3 rings (SSSR count). The maximum Gasteiger partial charge on any atom is 0.246 e. The Kier molecular flexibility index (Phi) is 3.99. The number of amides is 1. The molecule has 110 valence electrons. The Balaban J connectivity index is 1.60. The van der Waals surface area contributed by atoms with Gasteiger partial charge in [0.2, 0.25) is 17.6 Å². The summed E-state index contributed by atoms with van der Waals surface area (Å²) in [4.78, 5) is 16.2. The summed E-state index contributed by atoms with van der Waals surface area (Å²) in [6.45, 7) is 2.33. The standard InChI is InChI=1S/C16H19N3O2/c1-11-6-8-12(9-7-11)15-18-14(21-19-15)10-17-16(20)13-4-2-3-5-13/h6-9,13H,2-5,10H2,1H3,(H,17,20). The fraction of sp³-hybridized carbons (Fsp3) is 0.438. The van der Waals surface area contributed by atoms with Crippen LogP contribution in [0, 0.1) is 12.8 Å². The van der Waals surface area contributed by atoms with E-state index in [-0.39, 0.29) is 11.8 Å². The lowest BCUT2D eigenvalue weighted by Gasteiger charge is -2.07. The highest BCUT2D eigenvalue weighted by molar-refractivity contribution is 5.78. The Morgan fingerprint density at radius 3 is 2.71 bits per heavy atom. The number of carbonyl (C=O) groups excluding carboxylic acids is 1. The largest absolute Gasteiger partial charge is 0.347 e. The zero-order valence-corrected chi connectivity index (χ0v) is 12.1. The van der Waals surface area contributed by atoms with Gasteiger partial charge in [-0.2, -0.15) is 4.98 Å². The molecule has 1 aromatic heterocycles. The molecule has 0 radical (unpaired) electrons. The number of aryl methyl sites for hydroxylation is 1. The summed E-state index contributed by atoms with van der Waals surface area (Å²) in [6.07, 6.45) is 4.28. The predicted octanol–water partition coefficient (Wildman–Crippen LogP) is 2.85. The molecule has 0 unspecified atom stereocenters. The van der Waals surface area contributed by atoms with Gasteiger partial charge in [-0.1, -0.05) is 47.8 Å². The van der Waals surface area contributed by atoms with Crippen molar-refractivity contribution in [1.29, 1.82) is 0 Å². The molecule has 1 saturated carbocycles. The highest BCUT2D eigenvalue weighted by atomic mass is 16.5. The van der Waals surface area contributed by atoms with E-state index < -0.39 is 0 Å². The van der Waals surface area contributed by atoms with E-state index in [1.165, 1.54) is 5.56 Å². The smallest absolute Gasteiger partial charge is 0.246 e. The van der Waals surface area contributed by atoms with E-state index in [1.54, 1.807) is 0 Å². The van der Waals surface area contributed by atoms with Crippen LogP contribution in [-0.4, -0.2) is 16.0 Å². The average Bonchev–Trinajstić information content (AvgIpc) is 3.17. The molecule has 0 spiro atoms. The zero-order valence-electron chi connectivity index (χ0n) is 12.1. The van der Waals surface area contributed by atoms with Gasteiger partial charge in [0.05, 0.1) is 6.54 Å². The van der Waals surface area contributed by atoms with Gasteiger partial charge in [0.25, 0.3) is 0 Å². The second kappa shape index (κ2) is 6.08. The van der Waals surface area contributed by atoms with Gasteiger partial charge in [-0.3, -0.25) is 4.79 Å². The Bertz CT molecular complexity index is 613. The van der Waals surface area contributed by atoms with Crippen molar-refractivity contribution >= 4 is 5.91 Å². The molecule has 21 heavy (non-hydrogen) atoms. The lowest BCUT2D eigenvalue weighted by Crippen LogP contribution is -2.28. The van der Waals surface area contributed by atoms with Gasteiger partial charge in [0.15, 0.2) is 0 Å². The fourth-order valence-electron chi connectivity index (χ4n) is 2.64. The molecule has 0 aliphatic heterocycles. The maximum absolute atomic E-state index is 11.9. The van der Waals surface area contributed by atoms with Gasteiger partial charge >= 0.3 is 0 Å². The predicted molar refractivity (Wildman–Crippen MR) is 78.3 cm³/mol. The Morgan fingerprint density at radius 2 is 2.00 bits per heavy atom. The quantitative estimate of drug-likeness (QED) is 0.938. The van der Waals surface area contributed by atoms with Crippen molar-refractivity contribution in [3.63, 3.8) is 0 Å². The molecule has 1 aliphatic rings. The molecule has 1 aliphatic carbocycles. The first-order chi connectivity index (χ1) is 10.2. The number of hydrogen-bond donors (Lipinski definition) is 1. The maximum atomic E-state index is 11.9. The van der Waals surface area contributed by atoms with Crippen LogP contribution in [0.3, 0.4) is 0 Å². The van der Waals surface area contributed by atoms with Gasteiger partial charge in [-0.25, -0.2) is 0 Å². The first kappa shape index (κ1) is 13.8. The number of hydrogen-bond acceptors (Lipinski definition) is 4. The first-order valence-electron chi connectivity index (χ1n) is 7.40. The van der Waals surface area contributed by atoms with E-state index >= 15 is 0 Å². The molecule has 1 fully saturated rings. The van der Waals surface area contributed by atoms with Crippen molar-refractivity contribution in [1.82, 2.24) is 15.5 Å². The molecule has 2 aromatic rings. The second-order valence-corrected chi connectivity index (χ2v) is 5.58. The van der Waals surface area contributed by atoms with Gasteiger partial charge < -0.3 is 9.84 Å². The first-order valence-corrected chi connectivity index (χ1v) is 7.40. The van der Waals surface area contributed by atoms with Crippen molar-refractivity contribution in [2.75, 3.05) is 0 Å². The summed E-state index contributed by atoms with van der Waals surface area (Å²) >= 11 is 0. The summed E-state index contributed by atoms with van der Waals surface area (Å²) in [5.74, 6) is 1.25. The number of nitrogens with one attached hydrogen (secondary N) is 1. The number of nitrogens with zero attached hydrogens (tertiary/aromatic N) is 2. The average molecular weight is 285 g/mol. The molecule has 1 amide bonds. The molecular weight excluding hydrogens is 266 g/mol. The summed E-state index contributed by atoms with van der Waals surface area (Å²) in [6, 6.07) is 7.93. The molecule has 5 nitrogen and oxygen atoms in total. The Labute approximate surface area is 123 Å². The molecule has 1 heterocycles. The van der Waals surface area contributed by atoms with Crippen LogP contribution in [0.2, 0.25) is 0 Å². The van der Waals surface area contributed by atoms with E-state index in [9.17, 15) is 4.79 Å². The van der Waals surface area contributed by atoms with Crippen LogP contribution in [0.25, 0.3) is 11.4 Å². The topological polar surface area (TPSA) is 68.0 Å². The number of carbonyl (C=O) groups is 1. The molecule has 0 bridgehead atoms. The summed E-state index contributed by atoms with van der Waals surface area (Å²) in [5.41, 5.74) is 2.10. The minimum Gasteiger partial charge on any atom is -0.347 e. The molecule has 0 atom stereocenters. The minimum atomic E-state index is 0.0996. The molecule has 5 heteroatoms. The van der Waals surface area contributed by atoms with Crippen molar-refractivity contribution in [3.8, 4) is 11.4 Å². The van der Waals surface area contributed by atoms with Crippen molar-refractivity contribution in [2.45, 2.75) is 39.2 Å². The van der Waals surface area contributed by atoms with Crippen molar-refractivity contribution in [3.05, 3.63) is 35.7 Å². The van der Waals surface area contributed by atoms with Gasteiger partial charge in [-0.05, 0) is 19.8 Å². The van der Waals surface area contributed by atoms with E-state index in [2.05, 4.69) is 15.5 Å². The highest BCUT2D eigenvalue weighted by Gasteiger charge is 2.22. The van der Waals surface area contributed by atoms with Crippen LogP contribution in [-0.2, 0) is 11.3 Å². The van der Waals surface area contributed by atoms with Crippen molar-refractivity contribution in [2.24, 2.45) is 5.92 Å². The lowest BCUT2D eigenvalue weighted by molar-refractivity contribution is -0.125. The number of rotatable bonds is 4. The molecule has 1 aromatic carbocycles. The lowest BCUT2D eigenvalue weighted by atomic mass is 10.1. The molecular formula is C16H19N3O2. The van der Waals surface area contributed by atoms with Gasteiger partial charge in [-0.15, -0.1) is 0 Å². The van der Waals surface area contributed by atoms with Crippen LogP contribution in [0.5, 0.6) is 0 Å². The van der Waals surface area contributed by atoms with E-state index in [1.807, 2.05) is 31.2 Å². The molecule has 0 saturated heterocycles.